The van der Waals surface area contributed by atoms with E-state index in [0.717, 1.165) is 22.5 Å². The highest BCUT2D eigenvalue weighted by atomic mass is 16.2. The SMILES string of the molecule is Cc1ccc(N(Cc2ccccc2)C(=O)c2cnn(-c3ccccn3)c2C)cc1. The van der Waals surface area contributed by atoms with Crippen molar-refractivity contribution >= 4 is 11.6 Å². The van der Waals surface area contributed by atoms with E-state index < -0.39 is 0 Å². The zero-order chi connectivity index (χ0) is 20.2. The molecule has 144 valence electrons. The summed E-state index contributed by atoms with van der Waals surface area (Å²) in [6, 6.07) is 23.6. The van der Waals surface area contributed by atoms with Crippen LogP contribution >= 0.6 is 0 Å². The number of pyridine rings is 1. The summed E-state index contributed by atoms with van der Waals surface area (Å²) in [4.78, 5) is 19.7. The van der Waals surface area contributed by atoms with Crippen LogP contribution in [-0.2, 0) is 6.54 Å². The molecule has 2 aromatic carbocycles. The highest BCUT2D eigenvalue weighted by Gasteiger charge is 2.23. The molecule has 4 rings (SSSR count). The molecule has 0 fully saturated rings. The third-order valence-electron chi connectivity index (χ3n) is 4.88. The van der Waals surface area contributed by atoms with Crippen molar-refractivity contribution in [1.29, 1.82) is 0 Å². The fourth-order valence-electron chi connectivity index (χ4n) is 3.25. The van der Waals surface area contributed by atoms with Gasteiger partial charge in [-0.25, -0.2) is 9.67 Å². The number of carbonyl (C=O) groups is 1. The molecule has 0 saturated carbocycles. The Labute approximate surface area is 170 Å². The highest BCUT2D eigenvalue weighted by Crippen LogP contribution is 2.23. The smallest absolute Gasteiger partial charge is 0.262 e. The average molecular weight is 382 g/mol. The minimum atomic E-state index is -0.0858. The van der Waals surface area contributed by atoms with Crippen molar-refractivity contribution < 1.29 is 4.79 Å². The Balaban J connectivity index is 1.72. The van der Waals surface area contributed by atoms with Gasteiger partial charge >= 0.3 is 0 Å². The summed E-state index contributed by atoms with van der Waals surface area (Å²) in [7, 11) is 0. The maximum absolute atomic E-state index is 13.6. The molecule has 0 spiro atoms. The Bertz CT molecular complexity index is 1100. The lowest BCUT2D eigenvalue weighted by Gasteiger charge is -2.23. The van der Waals surface area contributed by atoms with E-state index in [1.165, 1.54) is 0 Å². The predicted molar refractivity (Wildman–Crippen MR) is 114 cm³/mol. The van der Waals surface area contributed by atoms with Gasteiger partial charge in [-0.05, 0) is 43.7 Å². The van der Waals surface area contributed by atoms with Gasteiger partial charge in [0, 0.05) is 11.9 Å². The summed E-state index contributed by atoms with van der Waals surface area (Å²) in [6.45, 7) is 4.41. The molecule has 5 heteroatoms. The van der Waals surface area contributed by atoms with E-state index in [9.17, 15) is 4.79 Å². The standard InChI is InChI=1S/C24H22N4O/c1-18-11-13-21(14-12-18)27(17-20-8-4-3-5-9-20)24(29)22-16-26-28(19(22)2)23-10-6-7-15-25-23/h3-16H,17H2,1-2H3. The molecule has 1 amide bonds. The van der Waals surface area contributed by atoms with Gasteiger partial charge in [-0.1, -0.05) is 54.1 Å². The molecule has 0 aliphatic heterocycles. The summed E-state index contributed by atoms with van der Waals surface area (Å²) >= 11 is 0. The van der Waals surface area contributed by atoms with Crippen LogP contribution in [0.3, 0.4) is 0 Å². The number of carbonyl (C=O) groups excluding carboxylic acids is 1. The third kappa shape index (κ3) is 3.94. The first-order valence-corrected chi connectivity index (χ1v) is 9.52. The van der Waals surface area contributed by atoms with Gasteiger partial charge in [0.05, 0.1) is 24.0 Å². The molecule has 0 bridgehead atoms. The van der Waals surface area contributed by atoms with Crippen LogP contribution in [0.5, 0.6) is 0 Å². The zero-order valence-electron chi connectivity index (χ0n) is 16.5. The van der Waals surface area contributed by atoms with Crippen LogP contribution in [0.2, 0.25) is 0 Å². The monoisotopic (exact) mass is 382 g/mol. The third-order valence-corrected chi connectivity index (χ3v) is 4.88. The Morgan fingerprint density at radius 1 is 0.931 bits per heavy atom. The summed E-state index contributed by atoms with van der Waals surface area (Å²) in [6.07, 6.45) is 3.34. The number of hydrogen-bond acceptors (Lipinski definition) is 3. The van der Waals surface area contributed by atoms with E-state index in [-0.39, 0.29) is 5.91 Å². The number of aromatic nitrogens is 3. The minimum Gasteiger partial charge on any atom is -0.304 e. The molecule has 0 N–H and O–H groups in total. The average Bonchev–Trinajstić information content (AvgIpc) is 3.15. The normalized spacial score (nSPS) is 10.7. The lowest BCUT2D eigenvalue weighted by Crippen LogP contribution is -2.30. The number of aryl methyl sites for hydroxylation is 1. The fraction of sp³-hybridized carbons (Fsp3) is 0.125. The van der Waals surface area contributed by atoms with E-state index >= 15 is 0 Å². The lowest BCUT2D eigenvalue weighted by molar-refractivity contribution is 0.0984. The second-order valence-corrected chi connectivity index (χ2v) is 6.96. The number of hydrogen-bond donors (Lipinski definition) is 0. The van der Waals surface area contributed by atoms with Gasteiger partial charge in [0.1, 0.15) is 0 Å². The van der Waals surface area contributed by atoms with Crippen molar-refractivity contribution in [3.8, 4) is 5.82 Å². The summed E-state index contributed by atoms with van der Waals surface area (Å²) in [5.41, 5.74) is 4.40. The van der Waals surface area contributed by atoms with Crippen molar-refractivity contribution in [3.63, 3.8) is 0 Å². The molecule has 4 aromatic rings. The van der Waals surface area contributed by atoms with Crippen LogP contribution < -0.4 is 4.90 Å². The first-order chi connectivity index (χ1) is 14.1. The molecular weight excluding hydrogens is 360 g/mol. The van der Waals surface area contributed by atoms with Crippen LogP contribution in [0.15, 0.2) is 85.2 Å². The van der Waals surface area contributed by atoms with Crippen molar-refractivity contribution in [2.24, 2.45) is 0 Å². The Morgan fingerprint density at radius 3 is 2.34 bits per heavy atom. The number of rotatable bonds is 5. The molecule has 29 heavy (non-hydrogen) atoms. The molecule has 0 aliphatic rings. The first kappa shape index (κ1) is 18.6. The van der Waals surface area contributed by atoms with Crippen LogP contribution in [0.1, 0.15) is 27.2 Å². The number of anilines is 1. The fourth-order valence-corrected chi connectivity index (χ4v) is 3.25. The second kappa shape index (κ2) is 8.10. The van der Waals surface area contributed by atoms with Gasteiger partial charge in [0.25, 0.3) is 5.91 Å². The molecule has 0 unspecified atom stereocenters. The zero-order valence-corrected chi connectivity index (χ0v) is 16.5. The van der Waals surface area contributed by atoms with Crippen molar-refractivity contribution in [2.75, 3.05) is 4.90 Å². The number of amides is 1. The van der Waals surface area contributed by atoms with Gasteiger partial charge in [-0.15, -0.1) is 0 Å². The van der Waals surface area contributed by atoms with Crippen LogP contribution in [0.4, 0.5) is 5.69 Å². The highest BCUT2D eigenvalue weighted by molar-refractivity contribution is 6.06. The van der Waals surface area contributed by atoms with Crippen LogP contribution in [0, 0.1) is 13.8 Å². The maximum atomic E-state index is 13.6. The largest absolute Gasteiger partial charge is 0.304 e. The number of nitrogens with zero attached hydrogens (tertiary/aromatic N) is 4. The lowest BCUT2D eigenvalue weighted by atomic mass is 10.1. The molecule has 0 aliphatic carbocycles. The molecule has 0 atom stereocenters. The van der Waals surface area contributed by atoms with Crippen LogP contribution in [0.25, 0.3) is 5.82 Å². The predicted octanol–water partition coefficient (Wildman–Crippen LogP) is 4.73. The van der Waals surface area contributed by atoms with Crippen LogP contribution in [-0.4, -0.2) is 20.7 Å². The Hall–Kier alpha value is -3.73. The molecule has 0 radical (unpaired) electrons. The molecule has 2 heterocycles. The van der Waals surface area contributed by atoms with Crippen molar-refractivity contribution in [1.82, 2.24) is 14.8 Å². The van der Waals surface area contributed by atoms with Crippen molar-refractivity contribution in [2.45, 2.75) is 20.4 Å². The van der Waals surface area contributed by atoms with E-state index in [1.54, 1.807) is 22.0 Å². The Morgan fingerprint density at radius 2 is 1.66 bits per heavy atom. The van der Waals surface area contributed by atoms with E-state index in [2.05, 4.69) is 10.1 Å². The maximum Gasteiger partial charge on any atom is 0.262 e. The van der Waals surface area contributed by atoms with E-state index in [1.807, 2.05) is 86.6 Å². The van der Waals surface area contributed by atoms with E-state index in [0.29, 0.717) is 17.9 Å². The van der Waals surface area contributed by atoms with Crippen molar-refractivity contribution in [3.05, 3.63) is 108 Å². The summed E-state index contributed by atoms with van der Waals surface area (Å²) < 4.78 is 1.70. The number of benzene rings is 2. The molecule has 2 aromatic heterocycles. The topological polar surface area (TPSA) is 51.0 Å². The first-order valence-electron chi connectivity index (χ1n) is 9.52. The molecular formula is C24H22N4O. The molecule has 0 saturated heterocycles. The Kier molecular flexibility index (Phi) is 5.20. The van der Waals surface area contributed by atoms with E-state index in [4.69, 9.17) is 0 Å². The quantitative estimate of drug-likeness (QED) is 0.501. The molecule has 5 nitrogen and oxygen atoms in total. The van der Waals surface area contributed by atoms with Gasteiger partial charge in [0.15, 0.2) is 5.82 Å². The summed E-state index contributed by atoms with van der Waals surface area (Å²) in [5.74, 6) is 0.603. The second-order valence-electron chi connectivity index (χ2n) is 6.96. The van der Waals surface area contributed by atoms with Gasteiger partial charge in [-0.2, -0.15) is 5.10 Å². The van der Waals surface area contributed by atoms with Gasteiger partial charge in [0.2, 0.25) is 0 Å². The summed E-state index contributed by atoms with van der Waals surface area (Å²) in [5, 5.41) is 4.41. The van der Waals surface area contributed by atoms with Gasteiger partial charge < -0.3 is 4.90 Å². The minimum absolute atomic E-state index is 0.0858. The van der Waals surface area contributed by atoms with Gasteiger partial charge in [-0.3, -0.25) is 4.79 Å².